The average Bonchev–Trinajstić information content (AvgIpc) is 2.06. The highest BCUT2D eigenvalue weighted by Gasteiger charge is 2.20. The number of hydrogen-bond donors (Lipinski definition) is 0. The summed E-state index contributed by atoms with van der Waals surface area (Å²) < 4.78 is 0. The van der Waals surface area contributed by atoms with Crippen LogP contribution in [0.2, 0.25) is 0 Å². The minimum Gasteiger partial charge on any atom is -0.188 e. The average molecular weight is 148 g/mol. The zero-order chi connectivity index (χ0) is 7.68. The fraction of sp³-hybridized carbons (Fsp3) is 0.556. The van der Waals surface area contributed by atoms with Crippen LogP contribution in [0.25, 0.3) is 0 Å². The Balaban J connectivity index is 2.33. The molecule has 0 saturated heterocycles. The summed E-state index contributed by atoms with van der Waals surface area (Å²) in [6.07, 6.45) is 6.74. The van der Waals surface area contributed by atoms with Gasteiger partial charge in [0.2, 0.25) is 0 Å². The Morgan fingerprint density at radius 1 is 1.45 bits per heavy atom. The quantitative estimate of drug-likeness (QED) is 0.472. The smallest absolute Gasteiger partial charge is 0.0672 e. The predicted octanol–water partition coefficient (Wildman–Crippen LogP) is 2.69. The highest BCUT2D eigenvalue weighted by Crippen LogP contribution is 2.31. The third-order valence-electron chi connectivity index (χ3n) is 2.41. The van der Waals surface area contributed by atoms with Gasteiger partial charge in [-0.1, -0.05) is 12.2 Å². The van der Waals surface area contributed by atoms with E-state index in [1.165, 1.54) is 5.57 Å². The summed E-state index contributed by atoms with van der Waals surface area (Å²) >= 11 is 0. The van der Waals surface area contributed by atoms with Gasteiger partial charge in [-0.3, -0.25) is 0 Å². The highest BCUT2D eigenvalue weighted by atomic mass is 15.1. The molecule has 0 spiro atoms. The molecule has 1 aliphatic carbocycles. The molecule has 0 fully saturated rings. The monoisotopic (exact) mass is 148 g/mol. The van der Waals surface area contributed by atoms with Crippen LogP contribution in [0.4, 0.5) is 0 Å². The summed E-state index contributed by atoms with van der Waals surface area (Å²) in [6.45, 7) is 2.96. The fourth-order valence-corrected chi connectivity index (χ4v) is 1.72. The molecule has 58 valence electrons. The summed E-state index contributed by atoms with van der Waals surface area (Å²) in [5, 5.41) is 8.16. The van der Waals surface area contributed by atoms with Crippen LogP contribution in [-0.2, 0) is 0 Å². The molecule has 0 aromatic carbocycles. The molecular formula is C9H12N2. The van der Waals surface area contributed by atoms with E-state index in [4.69, 9.17) is 0 Å². The summed E-state index contributed by atoms with van der Waals surface area (Å²) in [6, 6.07) is 0. The van der Waals surface area contributed by atoms with Crippen molar-refractivity contribution in [3.63, 3.8) is 0 Å². The summed E-state index contributed by atoms with van der Waals surface area (Å²) in [7, 11) is 0. The van der Waals surface area contributed by atoms with Gasteiger partial charge >= 0.3 is 0 Å². The first kappa shape index (κ1) is 6.77. The lowest BCUT2D eigenvalue weighted by atomic mass is 9.87. The first-order valence-corrected chi connectivity index (χ1v) is 4.10. The van der Waals surface area contributed by atoms with Gasteiger partial charge in [0.1, 0.15) is 0 Å². The van der Waals surface area contributed by atoms with Crippen LogP contribution in [0.5, 0.6) is 0 Å². The van der Waals surface area contributed by atoms with Crippen LogP contribution in [0.1, 0.15) is 19.8 Å². The van der Waals surface area contributed by atoms with Crippen LogP contribution >= 0.6 is 0 Å². The minimum absolute atomic E-state index is 0.664. The van der Waals surface area contributed by atoms with Crippen molar-refractivity contribution in [2.75, 3.05) is 6.54 Å². The van der Waals surface area contributed by atoms with Gasteiger partial charge in [0.25, 0.3) is 0 Å². The summed E-state index contributed by atoms with van der Waals surface area (Å²) in [5.41, 5.74) is 2.65. The Morgan fingerprint density at radius 2 is 2.36 bits per heavy atom. The number of rotatable bonds is 0. The van der Waals surface area contributed by atoms with Crippen molar-refractivity contribution in [3.8, 4) is 0 Å². The number of azo groups is 1. The lowest BCUT2D eigenvalue weighted by molar-refractivity contribution is 0.562. The van der Waals surface area contributed by atoms with Crippen molar-refractivity contribution in [1.29, 1.82) is 0 Å². The topological polar surface area (TPSA) is 24.7 Å². The molecule has 2 aliphatic rings. The molecule has 2 nitrogen and oxygen atoms in total. The van der Waals surface area contributed by atoms with Crippen molar-refractivity contribution < 1.29 is 0 Å². The molecule has 1 unspecified atom stereocenters. The second-order valence-electron chi connectivity index (χ2n) is 3.14. The molecule has 1 aliphatic heterocycles. The number of fused-ring (bicyclic) bond motifs is 1. The molecule has 11 heavy (non-hydrogen) atoms. The van der Waals surface area contributed by atoms with Gasteiger partial charge in [-0.05, 0) is 25.3 Å². The zero-order valence-electron chi connectivity index (χ0n) is 6.75. The maximum absolute atomic E-state index is 4.08. The molecular weight excluding hydrogens is 136 g/mol. The Bertz CT molecular complexity index is 248. The molecule has 0 amide bonds. The standard InChI is InChI=1S/C9H12N2/c1-7-9-5-3-2-4-8(9)6-10-11-7/h2-3,8H,4-6H2,1H3. The first-order valence-electron chi connectivity index (χ1n) is 4.10. The Kier molecular flexibility index (Phi) is 1.60. The second-order valence-corrected chi connectivity index (χ2v) is 3.14. The zero-order valence-corrected chi connectivity index (χ0v) is 6.75. The second kappa shape index (κ2) is 2.61. The van der Waals surface area contributed by atoms with Gasteiger partial charge in [-0.25, -0.2) is 0 Å². The lowest BCUT2D eigenvalue weighted by Crippen LogP contribution is -2.14. The van der Waals surface area contributed by atoms with Crippen molar-refractivity contribution in [2.24, 2.45) is 16.1 Å². The van der Waals surface area contributed by atoms with E-state index in [0.29, 0.717) is 5.92 Å². The summed E-state index contributed by atoms with van der Waals surface area (Å²) in [4.78, 5) is 0. The van der Waals surface area contributed by atoms with E-state index in [1.54, 1.807) is 0 Å². The van der Waals surface area contributed by atoms with E-state index in [-0.39, 0.29) is 0 Å². The largest absolute Gasteiger partial charge is 0.188 e. The maximum atomic E-state index is 4.08. The van der Waals surface area contributed by atoms with E-state index >= 15 is 0 Å². The van der Waals surface area contributed by atoms with Gasteiger partial charge in [-0.15, -0.1) is 0 Å². The van der Waals surface area contributed by atoms with E-state index in [9.17, 15) is 0 Å². The third kappa shape index (κ3) is 1.13. The number of hydrogen-bond acceptors (Lipinski definition) is 2. The molecule has 2 rings (SSSR count). The van der Waals surface area contributed by atoms with Crippen molar-refractivity contribution in [1.82, 2.24) is 0 Å². The minimum atomic E-state index is 0.664. The maximum Gasteiger partial charge on any atom is 0.0672 e. The fourth-order valence-electron chi connectivity index (χ4n) is 1.72. The number of allylic oxidation sites excluding steroid dienone is 3. The molecule has 0 radical (unpaired) electrons. The van der Waals surface area contributed by atoms with Crippen LogP contribution in [0.3, 0.4) is 0 Å². The molecule has 0 saturated carbocycles. The molecule has 0 N–H and O–H groups in total. The molecule has 2 heteroatoms. The van der Waals surface area contributed by atoms with Crippen LogP contribution in [0, 0.1) is 5.92 Å². The van der Waals surface area contributed by atoms with Crippen molar-refractivity contribution in [3.05, 3.63) is 23.4 Å². The van der Waals surface area contributed by atoms with Gasteiger partial charge in [-0.2, -0.15) is 10.2 Å². The van der Waals surface area contributed by atoms with Gasteiger partial charge < -0.3 is 0 Å². The van der Waals surface area contributed by atoms with Crippen molar-refractivity contribution >= 4 is 0 Å². The highest BCUT2D eigenvalue weighted by molar-refractivity contribution is 5.23. The number of nitrogens with zero attached hydrogens (tertiary/aromatic N) is 2. The first-order chi connectivity index (χ1) is 5.38. The Labute approximate surface area is 66.7 Å². The molecule has 0 aromatic rings. The normalized spacial score (nSPS) is 29.0. The van der Waals surface area contributed by atoms with Crippen LogP contribution in [-0.4, -0.2) is 6.54 Å². The molecule has 1 atom stereocenters. The summed E-state index contributed by atoms with van der Waals surface area (Å²) in [5.74, 6) is 0.664. The Hall–Kier alpha value is -0.920. The van der Waals surface area contributed by atoms with Crippen molar-refractivity contribution in [2.45, 2.75) is 19.8 Å². The molecule has 0 bridgehead atoms. The van der Waals surface area contributed by atoms with Crippen LogP contribution in [0.15, 0.2) is 33.7 Å². The van der Waals surface area contributed by atoms with E-state index in [0.717, 1.165) is 25.1 Å². The van der Waals surface area contributed by atoms with Gasteiger partial charge in [0.05, 0.1) is 12.2 Å². The van der Waals surface area contributed by atoms with E-state index in [1.807, 2.05) is 0 Å². The van der Waals surface area contributed by atoms with Gasteiger partial charge in [0.15, 0.2) is 0 Å². The molecule has 1 heterocycles. The van der Waals surface area contributed by atoms with Crippen LogP contribution < -0.4 is 0 Å². The van der Waals surface area contributed by atoms with Gasteiger partial charge in [0, 0.05) is 5.92 Å². The van der Waals surface area contributed by atoms with E-state index in [2.05, 4.69) is 29.3 Å². The predicted molar refractivity (Wildman–Crippen MR) is 44.3 cm³/mol. The lowest BCUT2D eigenvalue weighted by Gasteiger charge is -2.23. The Morgan fingerprint density at radius 3 is 3.18 bits per heavy atom. The molecule has 0 aromatic heterocycles. The third-order valence-corrected chi connectivity index (χ3v) is 2.41. The van der Waals surface area contributed by atoms with E-state index < -0.39 is 0 Å². The SMILES string of the molecule is CC1=C2CC=CCC2CN=N1.